The van der Waals surface area contributed by atoms with E-state index in [4.69, 9.17) is 16.3 Å². The molecule has 0 bridgehead atoms. The van der Waals surface area contributed by atoms with Crippen molar-refractivity contribution in [1.29, 1.82) is 0 Å². The maximum absolute atomic E-state index is 13.1. The van der Waals surface area contributed by atoms with Crippen LogP contribution in [-0.2, 0) is 21.4 Å². The summed E-state index contributed by atoms with van der Waals surface area (Å²) in [4.78, 5) is 18.5. The van der Waals surface area contributed by atoms with E-state index in [1.807, 2.05) is 48.4 Å². The van der Waals surface area contributed by atoms with E-state index in [0.29, 0.717) is 10.9 Å². The summed E-state index contributed by atoms with van der Waals surface area (Å²) in [7, 11) is 1.49. The molecule has 1 N–H and O–H groups in total. The third-order valence-electron chi connectivity index (χ3n) is 8.20. The average Bonchev–Trinajstić information content (AvgIpc) is 3.21. The Morgan fingerprint density at radius 2 is 1.86 bits per heavy atom. The molecule has 0 saturated heterocycles. The molecule has 1 aromatic heterocycles. The number of pyridine rings is 1. The molecule has 1 saturated carbocycles. The van der Waals surface area contributed by atoms with Gasteiger partial charge in [0.1, 0.15) is 5.54 Å². The molecule has 4 nitrogen and oxygen atoms in total. The minimum absolute atomic E-state index is 0.117. The van der Waals surface area contributed by atoms with Gasteiger partial charge in [-0.05, 0) is 103 Å². The lowest BCUT2D eigenvalue weighted by Gasteiger charge is -2.47. The fourth-order valence-electron chi connectivity index (χ4n) is 6.42. The van der Waals surface area contributed by atoms with Crippen molar-refractivity contribution in [1.82, 2.24) is 4.98 Å². The lowest BCUT2D eigenvalue weighted by molar-refractivity contribution is -0.148. The van der Waals surface area contributed by atoms with Gasteiger partial charge >= 0.3 is 5.97 Å². The molecule has 2 aliphatic carbocycles. The third kappa shape index (κ3) is 5.01. The van der Waals surface area contributed by atoms with E-state index in [1.165, 1.54) is 36.0 Å². The second-order valence-electron chi connectivity index (χ2n) is 10.1. The van der Waals surface area contributed by atoms with E-state index in [1.54, 1.807) is 0 Å². The third-order valence-corrected chi connectivity index (χ3v) is 9.53. The SMILES string of the molecule is COC(=O)C1(Nc2cccc(Cl)c2)CCC2(CC1)c1ccccc1CC2CCCSc1ccncc1. The lowest BCUT2D eigenvalue weighted by Crippen LogP contribution is -2.53. The molecule has 1 atom stereocenters. The van der Waals surface area contributed by atoms with Crippen molar-refractivity contribution in [2.75, 3.05) is 18.2 Å². The molecule has 1 spiro atoms. The van der Waals surface area contributed by atoms with Crippen LogP contribution in [-0.4, -0.2) is 29.4 Å². The molecule has 0 amide bonds. The summed E-state index contributed by atoms with van der Waals surface area (Å²) in [6, 6.07) is 20.7. The number of fused-ring (bicyclic) bond motifs is 2. The predicted octanol–water partition coefficient (Wildman–Crippen LogP) is 7.32. The zero-order chi connectivity index (χ0) is 25.0. The van der Waals surface area contributed by atoms with Crippen molar-refractivity contribution in [2.24, 2.45) is 5.92 Å². The second-order valence-corrected chi connectivity index (χ2v) is 11.7. The first-order valence-corrected chi connectivity index (χ1v) is 14.1. The summed E-state index contributed by atoms with van der Waals surface area (Å²) in [5.41, 5.74) is 3.23. The number of carbonyl (C=O) groups is 1. The molecule has 36 heavy (non-hydrogen) atoms. The number of rotatable bonds is 8. The van der Waals surface area contributed by atoms with Crippen molar-refractivity contribution in [3.63, 3.8) is 0 Å². The zero-order valence-corrected chi connectivity index (χ0v) is 22.3. The highest BCUT2D eigenvalue weighted by Crippen LogP contribution is 2.56. The van der Waals surface area contributed by atoms with Gasteiger partial charge in [0.05, 0.1) is 7.11 Å². The number of hydrogen-bond acceptors (Lipinski definition) is 5. The quantitative estimate of drug-likeness (QED) is 0.191. The van der Waals surface area contributed by atoms with Crippen LogP contribution in [0.1, 0.15) is 49.7 Å². The number of anilines is 1. The molecule has 1 fully saturated rings. The Bertz CT molecular complexity index is 1190. The molecule has 0 radical (unpaired) electrons. The number of aromatic nitrogens is 1. The highest BCUT2D eigenvalue weighted by Gasteiger charge is 2.53. The first kappa shape index (κ1) is 25.2. The number of carbonyl (C=O) groups excluding carboxylic acids is 1. The monoisotopic (exact) mass is 520 g/mol. The number of halogens is 1. The summed E-state index contributed by atoms with van der Waals surface area (Å²) in [5.74, 6) is 1.51. The van der Waals surface area contributed by atoms with Crippen LogP contribution in [0.3, 0.4) is 0 Å². The molecule has 2 aromatic carbocycles. The van der Waals surface area contributed by atoms with Crippen molar-refractivity contribution in [2.45, 2.75) is 60.8 Å². The van der Waals surface area contributed by atoms with Gasteiger partial charge < -0.3 is 10.1 Å². The Morgan fingerprint density at radius 1 is 1.08 bits per heavy atom. The number of ether oxygens (including phenoxy) is 1. The fraction of sp³-hybridized carbons (Fsp3) is 0.400. The van der Waals surface area contributed by atoms with Gasteiger partial charge in [-0.15, -0.1) is 11.8 Å². The van der Waals surface area contributed by atoms with Gasteiger partial charge in [-0.1, -0.05) is 41.9 Å². The molecule has 1 heterocycles. The average molecular weight is 521 g/mol. The lowest BCUT2D eigenvalue weighted by atomic mass is 9.60. The molecular formula is C30H33ClN2O2S. The van der Waals surface area contributed by atoms with Crippen molar-refractivity contribution >= 4 is 35.0 Å². The fourth-order valence-corrected chi connectivity index (χ4v) is 7.47. The Labute approximate surface area is 223 Å². The van der Waals surface area contributed by atoms with Crippen LogP contribution in [0.2, 0.25) is 5.02 Å². The molecule has 5 rings (SSSR count). The number of benzene rings is 2. The van der Waals surface area contributed by atoms with E-state index in [-0.39, 0.29) is 11.4 Å². The van der Waals surface area contributed by atoms with Gasteiger partial charge in [0.25, 0.3) is 0 Å². The van der Waals surface area contributed by atoms with Crippen LogP contribution in [0.15, 0.2) is 78.0 Å². The first-order chi connectivity index (χ1) is 17.5. The molecule has 2 aliphatic rings. The molecule has 188 valence electrons. The van der Waals surface area contributed by atoms with Crippen LogP contribution < -0.4 is 5.32 Å². The summed E-state index contributed by atoms with van der Waals surface area (Å²) in [5, 5.41) is 4.19. The Kier molecular flexibility index (Phi) is 7.59. The van der Waals surface area contributed by atoms with Crippen LogP contribution in [0.25, 0.3) is 0 Å². The minimum Gasteiger partial charge on any atom is -0.467 e. The van der Waals surface area contributed by atoms with Crippen molar-refractivity contribution in [3.8, 4) is 0 Å². The maximum Gasteiger partial charge on any atom is 0.331 e. The van der Waals surface area contributed by atoms with Gasteiger partial charge in [0.15, 0.2) is 0 Å². The van der Waals surface area contributed by atoms with E-state index in [9.17, 15) is 4.79 Å². The number of nitrogens with zero attached hydrogens (tertiary/aromatic N) is 1. The Morgan fingerprint density at radius 3 is 2.61 bits per heavy atom. The van der Waals surface area contributed by atoms with Crippen molar-refractivity contribution in [3.05, 3.63) is 89.2 Å². The number of methoxy groups -OCH3 is 1. The van der Waals surface area contributed by atoms with Crippen LogP contribution in [0.5, 0.6) is 0 Å². The molecule has 1 unspecified atom stereocenters. The Hall–Kier alpha value is -2.50. The number of hydrogen-bond donors (Lipinski definition) is 1. The standard InChI is InChI=1S/C30H33ClN2O2S/c1-35-28(34)30(33-25-9-4-8-24(31)21-25)15-13-29(14-16-30)23(20-22-6-2-3-10-27(22)29)7-5-19-36-26-11-17-32-18-12-26/h2-4,6,8-12,17-18,21,23,33H,5,7,13-16,19-20H2,1H3. The van der Waals surface area contributed by atoms with Gasteiger partial charge in [-0.2, -0.15) is 0 Å². The van der Waals surface area contributed by atoms with Gasteiger partial charge in [-0.3, -0.25) is 4.98 Å². The summed E-state index contributed by atoms with van der Waals surface area (Å²) in [6.45, 7) is 0. The molecule has 3 aromatic rings. The van der Waals surface area contributed by atoms with Crippen LogP contribution >= 0.6 is 23.4 Å². The van der Waals surface area contributed by atoms with Gasteiger partial charge in [0, 0.05) is 28.0 Å². The Balaban J connectivity index is 1.33. The predicted molar refractivity (Wildman–Crippen MR) is 148 cm³/mol. The number of esters is 1. The molecule has 6 heteroatoms. The van der Waals surface area contributed by atoms with Crippen LogP contribution in [0.4, 0.5) is 5.69 Å². The van der Waals surface area contributed by atoms with E-state index in [2.05, 4.69) is 46.7 Å². The van der Waals surface area contributed by atoms with Crippen LogP contribution in [0, 0.1) is 5.92 Å². The molecule has 0 aliphatic heterocycles. The van der Waals surface area contributed by atoms with Crippen molar-refractivity contribution < 1.29 is 9.53 Å². The highest BCUT2D eigenvalue weighted by atomic mass is 35.5. The largest absolute Gasteiger partial charge is 0.467 e. The first-order valence-electron chi connectivity index (χ1n) is 12.8. The number of thioether (sulfide) groups is 1. The minimum atomic E-state index is -0.732. The second kappa shape index (κ2) is 10.9. The summed E-state index contributed by atoms with van der Waals surface area (Å²) < 4.78 is 5.32. The van der Waals surface area contributed by atoms with E-state index >= 15 is 0 Å². The van der Waals surface area contributed by atoms with Gasteiger partial charge in [0.2, 0.25) is 0 Å². The normalized spacial score (nSPS) is 24.9. The highest BCUT2D eigenvalue weighted by molar-refractivity contribution is 7.99. The summed E-state index contributed by atoms with van der Waals surface area (Å²) in [6.07, 6.45) is 10.6. The maximum atomic E-state index is 13.1. The van der Waals surface area contributed by atoms with E-state index < -0.39 is 5.54 Å². The zero-order valence-electron chi connectivity index (χ0n) is 20.7. The number of nitrogens with one attached hydrogen (secondary N) is 1. The molecular weight excluding hydrogens is 488 g/mol. The van der Waals surface area contributed by atoms with E-state index in [0.717, 1.165) is 43.5 Å². The van der Waals surface area contributed by atoms with Gasteiger partial charge in [-0.25, -0.2) is 4.79 Å². The topological polar surface area (TPSA) is 51.2 Å². The smallest absolute Gasteiger partial charge is 0.331 e. The summed E-state index contributed by atoms with van der Waals surface area (Å²) >= 11 is 8.14.